The Balaban J connectivity index is 0.000000217. The molecule has 0 aliphatic heterocycles. The number of allylic oxidation sites excluding steroid dienone is 4. The number of furan rings is 9. The van der Waals surface area contributed by atoms with Gasteiger partial charge < -0.3 is 98.7 Å². The molecule has 0 bridgehead atoms. The lowest BCUT2D eigenvalue weighted by Gasteiger charge is -2.02. The molecule has 9 aromatic heterocycles. The molecule has 15 aromatic rings. The summed E-state index contributed by atoms with van der Waals surface area (Å²) in [5.74, 6) is 28.8. The predicted molar refractivity (Wildman–Crippen MR) is 525 cm³/mol. The van der Waals surface area contributed by atoms with Crippen molar-refractivity contribution < 1.29 is 127 Å². The smallest absolute Gasteiger partial charge is 0.384 e. The quantitative estimate of drug-likeness (QED) is 0.00578. The fourth-order valence-corrected chi connectivity index (χ4v) is 10.4. The van der Waals surface area contributed by atoms with Crippen molar-refractivity contribution in [2.24, 2.45) is 5.73 Å². The number of esters is 1. The van der Waals surface area contributed by atoms with Crippen LogP contribution in [0.5, 0.6) is 34.5 Å². The van der Waals surface area contributed by atoms with Crippen LogP contribution in [0.25, 0.3) is 12.2 Å². The van der Waals surface area contributed by atoms with E-state index in [2.05, 4.69) is 66.6 Å². The number of ketones is 6. The van der Waals surface area contributed by atoms with E-state index in [0.717, 1.165) is 34.5 Å². The van der Waals surface area contributed by atoms with Gasteiger partial charge in [-0.05, 0) is 254 Å². The zero-order chi connectivity index (χ0) is 102. The molecule has 0 saturated carbocycles. The minimum absolute atomic E-state index is 0.0306. The summed E-state index contributed by atoms with van der Waals surface area (Å²) >= 11 is 0. The van der Waals surface area contributed by atoms with E-state index in [1.807, 2.05) is 188 Å². The van der Waals surface area contributed by atoms with E-state index in [1.165, 1.54) is 46.1 Å². The summed E-state index contributed by atoms with van der Waals surface area (Å²) in [6.45, 7) is 19.9. The van der Waals surface area contributed by atoms with E-state index in [1.54, 1.807) is 135 Å². The maximum atomic E-state index is 11.2. The molecule has 141 heavy (non-hydrogen) atoms. The van der Waals surface area contributed by atoms with Crippen molar-refractivity contribution in [3.8, 4) is 82.4 Å². The van der Waals surface area contributed by atoms with Crippen LogP contribution in [0.1, 0.15) is 144 Å². The summed E-state index contributed by atoms with van der Waals surface area (Å²) in [5, 5.41) is 26.0. The van der Waals surface area contributed by atoms with Gasteiger partial charge in [-0.2, -0.15) is 0 Å². The highest BCUT2D eigenvalue weighted by molar-refractivity contribution is 6.06. The number of ether oxygens (including phenoxy) is 8. The Labute approximate surface area is 814 Å². The number of benzene rings is 6. The molecule has 15 rings (SSSR count). The molecule has 0 radical (unpaired) electrons. The van der Waals surface area contributed by atoms with Crippen LogP contribution >= 0.6 is 0 Å². The van der Waals surface area contributed by atoms with Gasteiger partial charge in [0.25, 0.3) is 5.78 Å². The topological polar surface area (TPSA) is 398 Å². The van der Waals surface area contributed by atoms with Gasteiger partial charge in [-0.3, -0.25) is 28.8 Å². The molecular formula is C113H101NO27. The van der Waals surface area contributed by atoms with Crippen molar-refractivity contribution in [1.29, 1.82) is 0 Å². The Morgan fingerprint density at radius 2 is 0.624 bits per heavy atom. The molecule has 0 amide bonds. The predicted octanol–water partition coefficient (Wildman–Crippen LogP) is 21.9. The number of methoxy groups -OCH3 is 2. The van der Waals surface area contributed by atoms with E-state index in [4.69, 9.17) is 100 Å². The molecule has 0 atom stereocenters. The molecule has 0 spiro atoms. The van der Waals surface area contributed by atoms with Crippen LogP contribution in [0.4, 0.5) is 0 Å². The fraction of sp³-hybridized carbons (Fsp3) is 0.124. The van der Waals surface area contributed by atoms with Gasteiger partial charge >= 0.3 is 5.97 Å². The maximum Gasteiger partial charge on any atom is 0.384 e. The second-order valence-electron chi connectivity index (χ2n) is 28.1. The number of hydrogen-bond donors (Lipinski definition) is 4. The minimum Gasteiger partial charge on any atom is -0.509 e. The van der Waals surface area contributed by atoms with Crippen molar-refractivity contribution in [1.82, 2.24) is 0 Å². The number of aliphatic hydroxyl groups is 3. The van der Waals surface area contributed by atoms with Gasteiger partial charge in [0.2, 0.25) is 23.1 Å². The van der Waals surface area contributed by atoms with Gasteiger partial charge in [0.05, 0.1) is 7.11 Å². The van der Waals surface area contributed by atoms with Crippen LogP contribution in [-0.2, 0) is 83.3 Å². The van der Waals surface area contributed by atoms with E-state index in [-0.39, 0.29) is 71.8 Å². The minimum atomic E-state index is -0.599. The van der Waals surface area contributed by atoms with E-state index < -0.39 is 11.8 Å². The van der Waals surface area contributed by atoms with Crippen LogP contribution in [0.3, 0.4) is 0 Å². The standard InChI is InChI=1S/C15H12O4.2C15H12O3.2C14H12O3.C14H10O3.C9H11NO2.C9H10O3.C8H10O3/c1-17-15(16)10-9-13-7-8-14(19-13)11-18-12-5-3-2-4-6-12;2*1-12(16)7-8-14-9-10-15(18-14)11-17-13-5-3-2-4-6-13;3*1-2-13(15)14-9-8-12(17-14)10-16-11-6-4-3-5-7-11;1-7(10)2-3-8-4-5-9(6-11)12-8;1-7(11)2-3-8-4-5-9(6-10)12-8;1-6(9)8-4-3-7(11-8)5-10-2/h2-8H,11H2,1H3;2*2-6,9-10H,11H2,1H3;2*2-9H,1,10H2;1,3-9H,10H2;2-5,11H,1,6,10H2;2-5,10-11H,1,6H2;3-4H,5H2,1-2H3/b;;;;;;2*3-2+;. The first kappa shape index (κ1) is 109. The number of carbonyl (C=O) groups excluding carboxylic acids is 7. The number of hydrogen-bond acceptors (Lipinski definition) is 28. The summed E-state index contributed by atoms with van der Waals surface area (Å²) in [6, 6.07) is 87.2. The largest absolute Gasteiger partial charge is 0.509 e. The molecule has 0 fully saturated rings. The Kier molecular flexibility index (Phi) is 48.6. The summed E-state index contributed by atoms with van der Waals surface area (Å²) < 4.78 is 89.6. The van der Waals surface area contributed by atoms with Crippen LogP contribution in [0.15, 0.2) is 393 Å². The molecular weight excluding hydrogens is 1800 g/mol. The molecule has 9 heterocycles. The maximum absolute atomic E-state index is 11.2. The number of carbonyl (C=O) groups is 7. The van der Waals surface area contributed by atoms with E-state index in [9.17, 15) is 33.6 Å². The Hall–Kier alpha value is -18.7. The normalized spacial score (nSPS) is 9.80. The summed E-state index contributed by atoms with van der Waals surface area (Å²) in [7, 11) is 2.86. The zero-order valence-electron chi connectivity index (χ0n) is 77.7. The van der Waals surface area contributed by atoms with Gasteiger partial charge in [-0.1, -0.05) is 136 Å². The Morgan fingerprint density at radius 1 is 0.348 bits per heavy atom. The number of rotatable bonds is 32. The first-order chi connectivity index (χ1) is 68.3. The molecule has 720 valence electrons. The zero-order valence-corrected chi connectivity index (χ0v) is 77.7. The van der Waals surface area contributed by atoms with Gasteiger partial charge in [0.1, 0.15) is 163 Å². The third-order valence-electron chi connectivity index (χ3n) is 17.0. The average molecular weight is 1910 g/mol. The Bertz CT molecular complexity index is 6450. The highest BCUT2D eigenvalue weighted by Crippen LogP contribution is 2.23. The monoisotopic (exact) mass is 1900 g/mol. The summed E-state index contributed by atoms with van der Waals surface area (Å²) in [5.41, 5.74) is 5.78. The molecule has 5 N–H and O–H groups in total. The number of nitrogens with two attached hydrogens (primary N) is 1. The molecule has 6 aromatic carbocycles. The second-order valence-corrected chi connectivity index (χ2v) is 28.1. The molecule has 28 nitrogen and oxygen atoms in total. The second kappa shape index (κ2) is 62.7. The SMILES string of the molecule is C#CC(=O)c1ccc(COc2ccccc2)o1.C=C(N)/C=C/c1ccc(CO)o1.C=C(O)/C=C/c1ccc(CO)o1.C=CC(=O)c1ccc(COc2ccccc2)o1.C=CC(=O)c1ccc(COc2ccccc2)o1.CC(=O)C#Cc1ccc(COc2ccccc2)o1.CC(=O)C#Cc1ccc(COc2ccccc2)o1.COC(=O)C#Cc1ccc(COc2ccccc2)o1.COCc1ccc(C(C)=O)o1. The number of aliphatic hydroxyl groups excluding tert-OH is 3. The fourth-order valence-electron chi connectivity index (χ4n) is 10.4. The van der Waals surface area contributed by atoms with Gasteiger partial charge in [0, 0.05) is 39.5 Å². The van der Waals surface area contributed by atoms with Gasteiger partial charge in [0.15, 0.2) is 46.1 Å². The molecule has 0 saturated heterocycles. The number of terminal acetylenes is 1. The van der Waals surface area contributed by atoms with Crippen molar-refractivity contribution in [2.45, 2.75) is 80.2 Å². The van der Waals surface area contributed by atoms with Crippen LogP contribution in [0.2, 0.25) is 0 Å². The van der Waals surface area contributed by atoms with Crippen LogP contribution in [-0.4, -0.2) is 70.2 Å². The molecule has 28 heteroatoms. The lowest BCUT2D eigenvalue weighted by atomic mass is 10.3. The van der Waals surface area contributed by atoms with Crippen molar-refractivity contribution >= 4 is 52.8 Å². The van der Waals surface area contributed by atoms with Crippen molar-refractivity contribution in [3.05, 3.63) is 457 Å². The third kappa shape index (κ3) is 44.8. The average Bonchev–Trinajstić information content (AvgIpc) is 1.74. The van der Waals surface area contributed by atoms with Gasteiger partial charge in [-0.25, -0.2) is 4.79 Å². The van der Waals surface area contributed by atoms with Crippen LogP contribution in [0, 0.1) is 47.9 Å². The lowest BCUT2D eigenvalue weighted by molar-refractivity contribution is -0.133. The summed E-state index contributed by atoms with van der Waals surface area (Å²) in [4.78, 5) is 76.6. The lowest BCUT2D eigenvalue weighted by Crippen LogP contribution is -1.94. The molecule has 0 aliphatic rings. The highest BCUT2D eigenvalue weighted by Gasteiger charge is 2.14. The van der Waals surface area contributed by atoms with Crippen molar-refractivity contribution in [3.63, 3.8) is 0 Å². The first-order valence-electron chi connectivity index (χ1n) is 42.6. The molecule has 0 aliphatic carbocycles. The van der Waals surface area contributed by atoms with E-state index in [0.29, 0.717) is 132 Å². The first-order valence-corrected chi connectivity index (χ1v) is 42.6. The number of para-hydroxylation sites is 6. The summed E-state index contributed by atoms with van der Waals surface area (Å²) in [6.07, 6.45) is 13.8. The van der Waals surface area contributed by atoms with E-state index >= 15 is 0 Å². The third-order valence-corrected chi connectivity index (χ3v) is 17.0. The Morgan fingerprint density at radius 3 is 0.894 bits per heavy atom. The van der Waals surface area contributed by atoms with Crippen LogP contribution < -0.4 is 34.2 Å². The highest BCUT2D eigenvalue weighted by atomic mass is 16.5. The number of Topliss-reactive ketones (excluding diaryl/α,β-unsaturated/α-hetero) is 4. The van der Waals surface area contributed by atoms with Crippen molar-refractivity contribution in [2.75, 3.05) is 14.2 Å². The molecule has 0 unspecified atom stereocenters. The van der Waals surface area contributed by atoms with Gasteiger partial charge in [-0.15, -0.1) is 6.42 Å².